The standard InChI is InChI=1S/C16H16N4O4S/c17-12-14(22)20-13(16(23)24)9(8-25-15(12)20)5-18-3-4-19-10(6-18)1-2-11(19)7-21/h1-4,6,12,15,21H,5,7-8,17H2/t12?,15-/m0/s1. The molecule has 3 N–H and O–H groups in total. The predicted molar refractivity (Wildman–Crippen MR) is 86.6 cm³/mol. The zero-order valence-corrected chi connectivity index (χ0v) is 14.0. The van der Waals surface area contributed by atoms with Crippen LogP contribution in [0, 0.1) is 0 Å². The lowest BCUT2D eigenvalue weighted by molar-refractivity contribution is -0.688. The van der Waals surface area contributed by atoms with E-state index in [4.69, 9.17) is 5.73 Å². The van der Waals surface area contributed by atoms with Crippen LogP contribution in [0.5, 0.6) is 0 Å². The molecule has 4 rings (SSSR count). The summed E-state index contributed by atoms with van der Waals surface area (Å²) in [5, 5.41) is 20.6. The van der Waals surface area contributed by atoms with Gasteiger partial charge in [-0.25, -0.2) is 0 Å². The Morgan fingerprint density at radius 3 is 3.00 bits per heavy atom. The molecule has 9 heteroatoms. The van der Waals surface area contributed by atoms with Crippen molar-refractivity contribution < 1.29 is 24.4 Å². The summed E-state index contributed by atoms with van der Waals surface area (Å²) in [4.78, 5) is 24.8. The van der Waals surface area contributed by atoms with E-state index in [1.165, 1.54) is 16.7 Å². The minimum Gasteiger partial charge on any atom is -0.543 e. The zero-order chi connectivity index (χ0) is 17.7. The van der Waals surface area contributed by atoms with Gasteiger partial charge in [-0.15, -0.1) is 11.8 Å². The molecule has 25 heavy (non-hydrogen) atoms. The van der Waals surface area contributed by atoms with Gasteiger partial charge in [0.2, 0.25) is 5.91 Å². The lowest BCUT2D eigenvalue weighted by Crippen LogP contribution is -2.69. The largest absolute Gasteiger partial charge is 0.543 e. The fraction of sp³-hybridized carbons (Fsp3) is 0.312. The summed E-state index contributed by atoms with van der Waals surface area (Å²) in [6.45, 7) is 0.270. The van der Waals surface area contributed by atoms with E-state index in [9.17, 15) is 19.8 Å². The van der Waals surface area contributed by atoms with Gasteiger partial charge in [-0.3, -0.25) is 9.69 Å². The molecule has 0 saturated carbocycles. The smallest absolute Gasteiger partial charge is 0.248 e. The Hall–Kier alpha value is -2.36. The van der Waals surface area contributed by atoms with Crippen LogP contribution in [0.2, 0.25) is 0 Å². The van der Waals surface area contributed by atoms with Gasteiger partial charge >= 0.3 is 0 Å². The summed E-state index contributed by atoms with van der Waals surface area (Å²) < 4.78 is 3.70. The van der Waals surface area contributed by atoms with E-state index in [1.54, 1.807) is 6.20 Å². The highest BCUT2D eigenvalue weighted by atomic mass is 32.2. The molecule has 2 aromatic rings. The third-order valence-electron chi connectivity index (χ3n) is 4.56. The van der Waals surface area contributed by atoms with Crippen molar-refractivity contribution in [2.75, 3.05) is 5.75 Å². The molecule has 130 valence electrons. The molecule has 4 heterocycles. The number of thioether (sulfide) groups is 1. The summed E-state index contributed by atoms with van der Waals surface area (Å²) in [5.41, 5.74) is 7.94. The van der Waals surface area contributed by atoms with E-state index in [0.29, 0.717) is 17.9 Å². The maximum Gasteiger partial charge on any atom is 0.248 e. The molecular formula is C16H16N4O4S. The molecule has 0 radical (unpaired) electrons. The predicted octanol–water partition coefficient (Wildman–Crippen LogP) is -2.03. The Kier molecular flexibility index (Phi) is 3.78. The molecule has 2 atom stereocenters. The maximum atomic E-state index is 11.9. The second-order valence-corrected chi connectivity index (χ2v) is 7.16. The Morgan fingerprint density at radius 2 is 2.28 bits per heavy atom. The molecule has 2 aliphatic heterocycles. The number of aliphatic carboxylic acids is 1. The molecule has 1 saturated heterocycles. The van der Waals surface area contributed by atoms with Gasteiger partial charge in [0.15, 0.2) is 18.9 Å². The van der Waals surface area contributed by atoms with Crippen LogP contribution in [-0.2, 0) is 22.7 Å². The van der Waals surface area contributed by atoms with Crippen molar-refractivity contribution >= 4 is 29.2 Å². The summed E-state index contributed by atoms with van der Waals surface area (Å²) in [6, 6.07) is 3.05. The zero-order valence-electron chi connectivity index (χ0n) is 13.2. The van der Waals surface area contributed by atoms with E-state index in [0.717, 1.165) is 11.2 Å². The summed E-state index contributed by atoms with van der Waals surface area (Å²) in [5.74, 6) is -1.26. The third-order valence-corrected chi connectivity index (χ3v) is 5.92. The second-order valence-electron chi connectivity index (χ2n) is 6.05. The Labute approximate surface area is 147 Å². The number of aliphatic hydroxyl groups is 1. The second kappa shape index (κ2) is 5.87. The summed E-state index contributed by atoms with van der Waals surface area (Å²) >= 11 is 1.46. The monoisotopic (exact) mass is 360 g/mol. The van der Waals surface area contributed by atoms with Crippen LogP contribution < -0.4 is 15.4 Å². The number of carbonyl (C=O) groups excluding carboxylic acids is 2. The number of carbonyl (C=O) groups is 2. The lowest BCUT2D eigenvalue weighted by atomic mass is 10.0. The van der Waals surface area contributed by atoms with Crippen LogP contribution in [0.4, 0.5) is 0 Å². The highest BCUT2D eigenvalue weighted by Crippen LogP contribution is 2.39. The van der Waals surface area contributed by atoms with Crippen molar-refractivity contribution in [2.45, 2.75) is 24.6 Å². The molecule has 1 fully saturated rings. The number of hydrogen-bond donors (Lipinski definition) is 2. The van der Waals surface area contributed by atoms with Crippen molar-refractivity contribution in [3.63, 3.8) is 0 Å². The molecule has 8 nitrogen and oxygen atoms in total. The number of β-lactam (4-membered cyclic amide) rings is 1. The number of carboxylic acid groups (broad SMARTS) is 1. The number of carboxylic acids is 1. The van der Waals surface area contributed by atoms with Crippen LogP contribution in [0.25, 0.3) is 5.52 Å². The average molecular weight is 360 g/mol. The van der Waals surface area contributed by atoms with Gasteiger partial charge in [-0.2, -0.15) is 4.57 Å². The number of rotatable bonds is 4. The van der Waals surface area contributed by atoms with Gasteiger partial charge in [-0.05, 0) is 12.1 Å². The van der Waals surface area contributed by atoms with Gasteiger partial charge in [-0.1, -0.05) is 0 Å². The molecular weight excluding hydrogens is 344 g/mol. The summed E-state index contributed by atoms with van der Waals surface area (Å²) in [7, 11) is 0. The average Bonchev–Trinajstić information content (AvgIpc) is 3.02. The lowest BCUT2D eigenvalue weighted by Gasteiger charge is -2.49. The maximum absolute atomic E-state index is 11.9. The van der Waals surface area contributed by atoms with Crippen molar-refractivity contribution in [1.29, 1.82) is 0 Å². The van der Waals surface area contributed by atoms with Gasteiger partial charge in [0.05, 0.1) is 24.5 Å². The number of nitrogens with two attached hydrogens (primary N) is 1. The topological polar surface area (TPSA) is 115 Å². The number of fused-ring (bicyclic) bond motifs is 2. The minimum atomic E-state index is -1.35. The van der Waals surface area contributed by atoms with Crippen LogP contribution >= 0.6 is 11.8 Å². The number of hydrogen-bond acceptors (Lipinski definition) is 6. The van der Waals surface area contributed by atoms with Crippen molar-refractivity contribution in [3.8, 4) is 0 Å². The molecule has 1 amide bonds. The van der Waals surface area contributed by atoms with E-state index in [1.807, 2.05) is 33.5 Å². The van der Waals surface area contributed by atoms with E-state index in [-0.39, 0.29) is 23.6 Å². The molecule has 0 aromatic carbocycles. The molecule has 1 unspecified atom stereocenters. The first-order valence-electron chi connectivity index (χ1n) is 7.75. The molecule has 2 aromatic heterocycles. The van der Waals surface area contributed by atoms with Gasteiger partial charge in [0, 0.05) is 17.0 Å². The van der Waals surface area contributed by atoms with Crippen LogP contribution in [-0.4, -0.2) is 43.5 Å². The first-order valence-corrected chi connectivity index (χ1v) is 8.79. The van der Waals surface area contributed by atoms with Crippen LogP contribution in [0.1, 0.15) is 5.69 Å². The third kappa shape index (κ3) is 2.43. The van der Waals surface area contributed by atoms with E-state index in [2.05, 4.69) is 0 Å². The first kappa shape index (κ1) is 16.1. The molecule has 0 bridgehead atoms. The van der Waals surface area contributed by atoms with Gasteiger partial charge in [0.25, 0.3) is 0 Å². The van der Waals surface area contributed by atoms with Crippen LogP contribution in [0.15, 0.2) is 42.0 Å². The Balaban J connectivity index is 1.68. The Morgan fingerprint density at radius 1 is 1.48 bits per heavy atom. The quantitative estimate of drug-likeness (QED) is 0.480. The number of aliphatic hydroxyl groups excluding tert-OH is 1. The fourth-order valence-corrected chi connectivity index (χ4v) is 4.58. The highest BCUT2D eigenvalue weighted by Gasteiger charge is 2.50. The Bertz CT molecular complexity index is 922. The van der Waals surface area contributed by atoms with Crippen molar-refractivity contribution in [1.82, 2.24) is 9.30 Å². The highest BCUT2D eigenvalue weighted by molar-refractivity contribution is 8.00. The number of nitrogens with zero attached hydrogens (tertiary/aromatic N) is 3. The minimum absolute atomic E-state index is 0.0609. The molecule has 0 spiro atoms. The molecule has 0 aliphatic carbocycles. The number of amides is 1. The van der Waals surface area contributed by atoms with Gasteiger partial charge in [0.1, 0.15) is 16.9 Å². The van der Waals surface area contributed by atoms with E-state index < -0.39 is 12.0 Å². The SMILES string of the molecule is NC1C(=O)N2C(C(=O)[O-])=C(C[n+]3ccn4c(CO)ccc4c3)CS[C@@H]12. The normalized spacial score (nSPS) is 23.0. The first-order chi connectivity index (χ1) is 12.0. The fourth-order valence-electron chi connectivity index (χ4n) is 3.30. The van der Waals surface area contributed by atoms with Gasteiger partial charge < -0.3 is 25.1 Å². The summed E-state index contributed by atoms with van der Waals surface area (Å²) in [6.07, 6.45) is 5.47. The van der Waals surface area contributed by atoms with E-state index >= 15 is 0 Å². The van der Waals surface area contributed by atoms with Crippen LogP contribution in [0.3, 0.4) is 0 Å². The number of aromatic nitrogens is 2. The molecule has 2 aliphatic rings. The van der Waals surface area contributed by atoms with Crippen molar-refractivity contribution in [2.24, 2.45) is 5.73 Å². The van der Waals surface area contributed by atoms with Crippen molar-refractivity contribution in [3.05, 3.63) is 47.7 Å².